The van der Waals surface area contributed by atoms with Gasteiger partial charge in [-0.15, -0.1) is 0 Å². The number of ether oxygens (including phenoxy) is 2. The predicted molar refractivity (Wildman–Crippen MR) is 114 cm³/mol. The van der Waals surface area contributed by atoms with Crippen molar-refractivity contribution in [3.05, 3.63) is 54.1 Å². The summed E-state index contributed by atoms with van der Waals surface area (Å²) < 4.78 is 11.3. The topological polar surface area (TPSA) is 167 Å². The van der Waals surface area contributed by atoms with Crippen LogP contribution in [-0.4, -0.2) is 47.2 Å². The Labute approximate surface area is 183 Å². The van der Waals surface area contributed by atoms with Gasteiger partial charge in [0.15, 0.2) is 0 Å². The molecular weight excluding hydrogens is 418 g/mol. The number of carbonyl (C=O) groups is 3. The summed E-state index contributed by atoms with van der Waals surface area (Å²) in [5.41, 5.74) is 4.27. The summed E-state index contributed by atoms with van der Waals surface area (Å²) in [6.07, 6.45) is 5.42. The fourth-order valence-corrected chi connectivity index (χ4v) is 2.27. The first-order valence-corrected chi connectivity index (χ1v) is 9.37. The van der Waals surface area contributed by atoms with Crippen molar-refractivity contribution in [2.75, 3.05) is 7.05 Å². The van der Waals surface area contributed by atoms with Gasteiger partial charge in [-0.05, 0) is 38.3 Å². The molecule has 5 N–H and O–H groups in total. The lowest BCUT2D eigenvalue weighted by Gasteiger charge is -2.14. The van der Waals surface area contributed by atoms with Crippen LogP contribution in [0.4, 0.5) is 0 Å². The number of hydrogen-bond acceptors (Lipinski definition) is 9. The van der Waals surface area contributed by atoms with E-state index in [1.807, 2.05) is 19.3 Å². The number of hydrogen-bond donors (Lipinski definition) is 5. The quantitative estimate of drug-likeness (QED) is 0.157. The van der Waals surface area contributed by atoms with E-state index in [2.05, 4.69) is 26.0 Å². The maximum absolute atomic E-state index is 12.5. The lowest BCUT2D eigenvalue weighted by Crippen LogP contribution is -2.36. The summed E-state index contributed by atoms with van der Waals surface area (Å²) in [4.78, 5) is 42.4. The molecule has 1 aromatic carbocycles. The molecule has 168 valence electrons. The lowest BCUT2D eigenvalue weighted by atomic mass is 10.2. The molecule has 0 bridgehead atoms. The van der Waals surface area contributed by atoms with Crippen molar-refractivity contribution in [3.63, 3.8) is 0 Å². The number of nitrogens with zero attached hydrogens (tertiary/aromatic N) is 2. The third kappa shape index (κ3) is 7.40. The van der Waals surface area contributed by atoms with Crippen LogP contribution in [0, 0.1) is 5.41 Å². The fraction of sp³-hybridized carbons (Fsp3) is 0.200. The number of amides is 3. The summed E-state index contributed by atoms with van der Waals surface area (Å²) in [6.45, 7) is 3.67. The Kier molecular flexibility index (Phi) is 8.66. The minimum Gasteiger partial charge on any atom is -0.491 e. The van der Waals surface area contributed by atoms with Crippen molar-refractivity contribution < 1.29 is 23.9 Å². The number of nitrogens with one attached hydrogen (secondary N) is 5. The summed E-state index contributed by atoms with van der Waals surface area (Å²) in [7, 11) is 1.67. The largest absolute Gasteiger partial charge is 0.491 e. The highest BCUT2D eigenvalue weighted by molar-refractivity contribution is 6.09. The molecule has 3 amide bonds. The van der Waals surface area contributed by atoms with Crippen LogP contribution in [0.25, 0.3) is 0 Å². The number of hydrazine groups is 1. The molecule has 0 aliphatic carbocycles. The van der Waals surface area contributed by atoms with Gasteiger partial charge in [-0.3, -0.25) is 30.6 Å². The SMILES string of the molecule is CN/C=C\C(=N)NC(=O)c1cc(Oc2cnc(C(=O)NNC=O)cn2)cc(OC(C)C)c1. The average Bonchev–Trinajstić information content (AvgIpc) is 2.75. The Balaban J connectivity index is 2.22. The molecule has 32 heavy (non-hydrogen) atoms. The molecule has 2 rings (SSSR count). The van der Waals surface area contributed by atoms with E-state index in [-0.39, 0.29) is 34.8 Å². The van der Waals surface area contributed by atoms with E-state index in [1.54, 1.807) is 13.1 Å². The van der Waals surface area contributed by atoms with Gasteiger partial charge in [0.25, 0.3) is 11.8 Å². The minimum absolute atomic E-state index is 0.0446. The van der Waals surface area contributed by atoms with Gasteiger partial charge in [-0.2, -0.15) is 0 Å². The Hall–Kier alpha value is -4.48. The molecule has 0 radical (unpaired) electrons. The zero-order valence-corrected chi connectivity index (χ0v) is 17.6. The summed E-state index contributed by atoms with van der Waals surface area (Å²) >= 11 is 0. The van der Waals surface area contributed by atoms with E-state index < -0.39 is 11.8 Å². The standard InChI is InChI=1S/C20H23N7O5/c1-12(2)31-14-6-13(19(29)26-17(21)4-5-22-3)7-15(8-14)32-18-10-23-16(9-24-18)20(30)27-25-11-28/h4-12,22H,1-3H3,(H,25,28)(H,27,30)(H2,21,26,29)/b5-4-. The van der Waals surface area contributed by atoms with Gasteiger partial charge < -0.3 is 20.1 Å². The van der Waals surface area contributed by atoms with Crippen LogP contribution >= 0.6 is 0 Å². The van der Waals surface area contributed by atoms with Crippen molar-refractivity contribution in [2.24, 2.45) is 0 Å². The fourth-order valence-electron chi connectivity index (χ4n) is 2.27. The monoisotopic (exact) mass is 441 g/mol. The number of carbonyl (C=O) groups excluding carboxylic acids is 3. The molecule has 1 heterocycles. The van der Waals surface area contributed by atoms with Crippen LogP contribution in [0.1, 0.15) is 34.7 Å². The molecule has 0 atom stereocenters. The molecule has 0 aliphatic heterocycles. The van der Waals surface area contributed by atoms with Gasteiger partial charge in [0.05, 0.1) is 18.5 Å². The van der Waals surface area contributed by atoms with Crippen molar-refractivity contribution in [2.45, 2.75) is 20.0 Å². The molecule has 0 spiro atoms. The van der Waals surface area contributed by atoms with Crippen LogP contribution in [0.5, 0.6) is 17.4 Å². The molecule has 1 aromatic heterocycles. The maximum Gasteiger partial charge on any atom is 0.289 e. The Morgan fingerprint density at radius 1 is 1.09 bits per heavy atom. The van der Waals surface area contributed by atoms with Crippen LogP contribution in [0.2, 0.25) is 0 Å². The lowest BCUT2D eigenvalue weighted by molar-refractivity contribution is -0.110. The molecule has 0 saturated heterocycles. The van der Waals surface area contributed by atoms with Gasteiger partial charge in [0.2, 0.25) is 12.3 Å². The van der Waals surface area contributed by atoms with Crippen LogP contribution in [0.15, 0.2) is 42.9 Å². The van der Waals surface area contributed by atoms with E-state index in [4.69, 9.17) is 14.9 Å². The van der Waals surface area contributed by atoms with Gasteiger partial charge in [0.1, 0.15) is 23.0 Å². The van der Waals surface area contributed by atoms with E-state index in [9.17, 15) is 14.4 Å². The molecule has 12 heteroatoms. The summed E-state index contributed by atoms with van der Waals surface area (Å²) in [5, 5.41) is 12.9. The second-order valence-corrected chi connectivity index (χ2v) is 6.41. The number of rotatable bonds is 10. The summed E-state index contributed by atoms with van der Waals surface area (Å²) in [6, 6.07) is 4.55. The molecular formula is C20H23N7O5. The minimum atomic E-state index is -0.655. The maximum atomic E-state index is 12.5. The highest BCUT2D eigenvalue weighted by Crippen LogP contribution is 2.27. The molecule has 12 nitrogen and oxygen atoms in total. The van der Waals surface area contributed by atoms with Crippen LogP contribution in [0.3, 0.4) is 0 Å². The normalized spacial score (nSPS) is 10.4. The van der Waals surface area contributed by atoms with Crippen molar-refractivity contribution in [3.8, 4) is 17.4 Å². The number of amidine groups is 1. The Bertz CT molecular complexity index is 1010. The molecule has 2 aromatic rings. The van der Waals surface area contributed by atoms with Gasteiger partial charge in [-0.1, -0.05) is 0 Å². The highest BCUT2D eigenvalue weighted by Gasteiger charge is 2.14. The zero-order chi connectivity index (χ0) is 23.5. The zero-order valence-electron chi connectivity index (χ0n) is 17.6. The third-order valence-corrected chi connectivity index (χ3v) is 3.51. The van der Waals surface area contributed by atoms with Gasteiger partial charge in [-0.25, -0.2) is 9.97 Å². The van der Waals surface area contributed by atoms with Gasteiger partial charge in [0, 0.05) is 18.7 Å². The van der Waals surface area contributed by atoms with Gasteiger partial charge >= 0.3 is 0 Å². The van der Waals surface area contributed by atoms with E-state index in [0.29, 0.717) is 12.2 Å². The van der Waals surface area contributed by atoms with Crippen LogP contribution < -0.4 is 31.0 Å². The summed E-state index contributed by atoms with van der Waals surface area (Å²) in [5.74, 6) is -0.621. The van der Waals surface area contributed by atoms with Crippen molar-refractivity contribution in [1.82, 2.24) is 31.5 Å². The van der Waals surface area contributed by atoms with E-state index >= 15 is 0 Å². The molecule has 0 aliphatic rings. The molecule has 0 unspecified atom stereocenters. The second-order valence-electron chi connectivity index (χ2n) is 6.41. The second kappa shape index (κ2) is 11.6. The highest BCUT2D eigenvalue weighted by atomic mass is 16.5. The van der Waals surface area contributed by atoms with Crippen molar-refractivity contribution in [1.29, 1.82) is 5.41 Å². The van der Waals surface area contributed by atoms with Crippen LogP contribution in [-0.2, 0) is 4.79 Å². The first kappa shape index (κ1) is 23.8. The number of aromatic nitrogens is 2. The third-order valence-electron chi connectivity index (χ3n) is 3.51. The predicted octanol–water partition coefficient (Wildman–Crippen LogP) is 0.887. The first-order chi connectivity index (χ1) is 15.3. The Morgan fingerprint density at radius 3 is 2.47 bits per heavy atom. The molecule has 0 saturated carbocycles. The Morgan fingerprint density at radius 2 is 1.84 bits per heavy atom. The van der Waals surface area contributed by atoms with E-state index in [0.717, 1.165) is 6.20 Å². The average molecular weight is 441 g/mol. The number of benzene rings is 1. The van der Waals surface area contributed by atoms with E-state index in [1.165, 1.54) is 30.6 Å². The molecule has 0 fully saturated rings. The van der Waals surface area contributed by atoms with Crippen molar-refractivity contribution >= 4 is 24.1 Å². The first-order valence-electron chi connectivity index (χ1n) is 9.37. The smallest absolute Gasteiger partial charge is 0.289 e.